The molecule has 0 bridgehead atoms. The number of nitrogens with one attached hydrogen (secondary N) is 2. The maximum atomic E-state index is 11.2. The van der Waals surface area contributed by atoms with Crippen molar-refractivity contribution in [2.24, 2.45) is 5.92 Å². The van der Waals surface area contributed by atoms with Gasteiger partial charge in [-0.2, -0.15) is 0 Å². The molecule has 1 unspecified atom stereocenters. The van der Waals surface area contributed by atoms with Gasteiger partial charge in [0.1, 0.15) is 12.3 Å². The number of amides is 1. The molecule has 0 aromatic rings. The number of hydrogen-bond acceptors (Lipinski definition) is 6. The van der Waals surface area contributed by atoms with E-state index in [1.165, 1.54) is 0 Å². The van der Waals surface area contributed by atoms with Crippen LogP contribution >= 0.6 is 0 Å². The normalized spacial score (nSPS) is 12.7. The second-order valence-corrected chi connectivity index (χ2v) is 8.47. The van der Waals surface area contributed by atoms with Crippen LogP contribution in [0.25, 0.3) is 0 Å². The van der Waals surface area contributed by atoms with E-state index in [1.807, 2.05) is 7.05 Å². The Morgan fingerprint density at radius 3 is 2.10 bits per heavy atom. The van der Waals surface area contributed by atoms with Crippen LogP contribution in [0.15, 0.2) is 0 Å². The highest BCUT2D eigenvalue weighted by molar-refractivity contribution is 5.84. The van der Waals surface area contributed by atoms with Crippen molar-refractivity contribution in [2.75, 3.05) is 27.3 Å². The molecule has 1 atom stereocenters. The Kier molecular flexibility index (Phi) is 15.7. The van der Waals surface area contributed by atoms with Gasteiger partial charge in [0.2, 0.25) is 5.91 Å². The zero-order chi connectivity index (χ0) is 23.1. The Bertz CT molecular complexity index is 478. The predicted octanol–water partition coefficient (Wildman–Crippen LogP) is 2.40. The first-order chi connectivity index (χ1) is 13.3. The van der Waals surface area contributed by atoms with Gasteiger partial charge in [0.15, 0.2) is 0 Å². The molecule has 0 saturated carbocycles. The zero-order valence-corrected chi connectivity index (χ0v) is 19.5. The first-order valence-corrected chi connectivity index (χ1v) is 10.1. The highest BCUT2D eigenvalue weighted by Crippen LogP contribution is 2.18. The van der Waals surface area contributed by atoms with Crippen molar-refractivity contribution in [3.8, 4) is 0 Å². The fourth-order valence-electron chi connectivity index (χ4n) is 2.00. The molecule has 0 spiro atoms. The molecule has 0 saturated heterocycles. The topological polar surface area (TPSA) is 114 Å². The highest BCUT2D eigenvalue weighted by atomic mass is 16.5. The van der Waals surface area contributed by atoms with Crippen molar-refractivity contribution in [3.63, 3.8) is 0 Å². The number of aldehydes is 1. The van der Waals surface area contributed by atoms with E-state index in [1.54, 1.807) is 21.0 Å². The number of aliphatic carboxylic acids is 1. The lowest BCUT2D eigenvalue weighted by atomic mass is 10.0. The van der Waals surface area contributed by atoms with E-state index in [2.05, 4.69) is 38.3 Å². The van der Waals surface area contributed by atoms with Gasteiger partial charge in [0.25, 0.3) is 0 Å². The Morgan fingerprint density at radius 2 is 1.69 bits per heavy atom. The summed E-state index contributed by atoms with van der Waals surface area (Å²) in [5, 5.41) is 14.2. The SMILES string of the molecule is CC(C)C(=O)NC(CCC=O)C(=O)O.CNCCC(C)(C)OCCC(C)(C)OC. The zero-order valence-electron chi connectivity index (χ0n) is 19.5. The summed E-state index contributed by atoms with van der Waals surface area (Å²) in [6, 6.07) is -0.963. The summed E-state index contributed by atoms with van der Waals surface area (Å²) in [4.78, 5) is 31.8. The standard InChI is InChI=1S/C12H27NO2.C9H15NO4/c1-11(2,14-6)8-10-15-12(3,4)7-9-13-5;1-6(2)8(12)10-7(9(13)14)4-3-5-11/h13H,7-10H2,1-6H3;5-7H,3-4H2,1-2H3,(H,10,12)(H,13,14). The number of rotatable bonds is 14. The minimum Gasteiger partial charge on any atom is -0.480 e. The quantitative estimate of drug-likeness (QED) is 0.371. The summed E-state index contributed by atoms with van der Waals surface area (Å²) in [7, 11) is 3.70. The van der Waals surface area contributed by atoms with Gasteiger partial charge >= 0.3 is 5.97 Å². The Hall–Kier alpha value is -1.51. The minimum absolute atomic E-state index is 0.0488. The number of carbonyl (C=O) groups excluding carboxylic acids is 2. The van der Waals surface area contributed by atoms with Crippen LogP contribution in [0.3, 0.4) is 0 Å². The molecule has 8 nitrogen and oxygen atoms in total. The van der Waals surface area contributed by atoms with E-state index in [0.717, 1.165) is 26.0 Å². The molecule has 8 heteroatoms. The lowest BCUT2D eigenvalue weighted by Gasteiger charge is -2.28. The van der Waals surface area contributed by atoms with E-state index in [-0.39, 0.29) is 35.9 Å². The van der Waals surface area contributed by atoms with Gasteiger partial charge in [0, 0.05) is 19.4 Å². The van der Waals surface area contributed by atoms with Crippen molar-refractivity contribution in [1.29, 1.82) is 0 Å². The smallest absolute Gasteiger partial charge is 0.326 e. The Morgan fingerprint density at radius 1 is 1.10 bits per heavy atom. The van der Waals surface area contributed by atoms with Crippen LogP contribution in [-0.2, 0) is 23.9 Å². The third kappa shape index (κ3) is 17.1. The molecule has 3 N–H and O–H groups in total. The number of carbonyl (C=O) groups is 3. The van der Waals surface area contributed by atoms with Crippen LogP contribution in [0, 0.1) is 5.92 Å². The van der Waals surface area contributed by atoms with Gasteiger partial charge in [-0.25, -0.2) is 4.79 Å². The summed E-state index contributed by atoms with van der Waals surface area (Å²) in [6.45, 7) is 13.5. The molecule has 172 valence electrons. The maximum absolute atomic E-state index is 11.2. The minimum atomic E-state index is -1.11. The molecular formula is C21H42N2O6. The van der Waals surface area contributed by atoms with Gasteiger partial charge in [-0.15, -0.1) is 0 Å². The van der Waals surface area contributed by atoms with E-state index < -0.39 is 12.0 Å². The molecule has 0 radical (unpaired) electrons. The summed E-state index contributed by atoms with van der Waals surface area (Å²) >= 11 is 0. The molecule has 0 fully saturated rings. The number of carboxylic acids is 1. The predicted molar refractivity (Wildman–Crippen MR) is 114 cm³/mol. The van der Waals surface area contributed by atoms with E-state index >= 15 is 0 Å². The van der Waals surface area contributed by atoms with Crippen molar-refractivity contribution in [1.82, 2.24) is 10.6 Å². The Labute approximate surface area is 176 Å². The summed E-state index contributed by atoms with van der Waals surface area (Å²) < 4.78 is 11.2. The van der Waals surface area contributed by atoms with E-state index in [9.17, 15) is 14.4 Å². The average Bonchev–Trinajstić information content (AvgIpc) is 2.63. The van der Waals surface area contributed by atoms with E-state index in [0.29, 0.717) is 6.29 Å². The number of methoxy groups -OCH3 is 1. The van der Waals surface area contributed by atoms with Crippen molar-refractivity contribution in [3.05, 3.63) is 0 Å². The monoisotopic (exact) mass is 418 g/mol. The summed E-state index contributed by atoms with van der Waals surface area (Å²) in [6.07, 6.45) is 2.85. The fraction of sp³-hybridized carbons (Fsp3) is 0.857. The number of hydrogen-bond donors (Lipinski definition) is 3. The van der Waals surface area contributed by atoms with Crippen molar-refractivity contribution in [2.45, 2.75) is 84.5 Å². The fourth-order valence-corrected chi connectivity index (χ4v) is 2.00. The molecule has 0 aromatic carbocycles. The lowest BCUT2D eigenvalue weighted by molar-refractivity contribution is -0.142. The highest BCUT2D eigenvalue weighted by Gasteiger charge is 2.21. The van der Waals surface area contributed by atoms with Crippen LogP contribution < -0.4 is 10.6 Å². The van der Waals surface area contributed by atoms with Crippen LogP contribution in [0.1, 0.15) is 67.2 Å². The van der Waals surface area contributed by atoms with Crippen LogP contribution in [0.4, 0.5) is 0 Å². The molecule has 0 aliphatic carbocycles. The van der Waals surface area contributed by atoms with Gasteiger partial charge in [-0.3, -0.25) is 4.79 Å². The molecule has 0 aliphatic rings. The number of carboxylic acid groups (broad SMARTS) is 1. The van der Waals surface area contributed by atoms with Crippen LogP contribution in [0.2, 0.25) is 0 Å². The second-order valence-electron chi connectivity index (χ2n) is 8.47. The molecule has 29 heavy (non-hydrogen) atoms. The first kappa shape index (κ1) is 29.7. The summed E-state index contributed by atoms with van der Waals surface area (Å²) in [5.74, 6) is -1.68. The van der Waals surface area contributed by atoms with Gasteiger partial charge in [0.05, 0.1) is 17.8 Å². The van der Waals surface area contributed by atoms with Gasteiger partial charge in [-0.1, -0.05) is 13.8 Å². The molecule has 0 aromatic heterocycles. The molecule has 0 aliphatic heterocycles. The largest absolute Gasteiger partial charge is 0.480 e. The average molecular weight is 419 g/mol. The number of ether oxygens (including phenoxy) is 2. The second kappa shape index (κ2) is 15.3. The van der Waals surface area contributed by atoms with E-state index in [4.69, 9.17) is 14.6 Å². The maximum Gasteiger partial charge on any atom is 0.326 e. The Balaban J connectivity index is 0. The molecule has 0 rings (SSSR count). The van der Waals surface area contributed by atoms with Crippen LogP contribution in [0.5, 0.6) is 0 Å². The molecule has 1 amide bonds. The first-order valence-electron chi connectivity index (χ1n) is 10.1. The van der Waals surface area contributed by atoms with Gasteiger partial charge < -0.3 is 30.0 Å². The van der Waals surface area contributed by atoms with Crippen molar-refractivity contribution >= 4 is 18.2 Å². The van der Waals surface area contributed by atoms with Crippen molar-refractivity contribution < 1.29 is 29.0 Å². The third-order valence-electron chi connectivity index (χ3n) is 4.44. The third-order valence-corrected chi connectivity index (χ3v) is 4.44. The van der Waals surface area contributed by atoms with Gasteiger partial charge in [-0.05, 0) is 60.5 Å². The molecular weight excluding hydrogens is 376 g/mol. The molecule has 0 heterocycles. The van der Waals surface area contributed by atoms with Crippen LogP contribution in [-0.4, -0.2) is 67.8 Å². The summed E-state index contributed by atoms with van der Waals surface area (Å²) in [5.41, 5.74) is -0.133. The lowest BCUT2D eigenvalue weighted by Crippen LogP contribution is -2.42.